The Kier molecular flexibility index (Phi) is 10.2. The van der Waals surface area contributed by atoms with Crippen LogP contribution < -0.4 is 10.6 Å². The molecule has 0 spiro atoms. The largest absolute Gasteiger partial charge is 0.382 e. The molecule has 0 bridgehead atoms. The Balaban J connectivity index is 0.000000188. The van der Waals surface area contributed by atoms with Crippen LogP contribution in [0.5, 0.6) is 0 Å². The maximum absolute atomic E-state index is 14.3. The van der Waals surface area contributed by atoms with Crippen molar-refractivity contribution < 1.29 is 26.3 Å². The van der Waals surface area contributed by atoms with E-state index in [9.17, 15) is 26.3 Å². The molecule has 0 aliphatic carbocycles. The van der Waals surface area contributed by atoms with Gasteiger partial charge in [-0.25, -0.2) is 36.3 Å². The summed E-state index contributed by atoms with van der Waals surface area (Å²) in [6, 6.07) is 2.26. The number of hydrogen-bond acceptors (Lipinski definition) is 8. The summed E-state index contributed by atoms with van der Waals surface area (Å²) in [6.45, 7) is 7.39. The van der Waals surface area contributed by atoms with Crippen LogP contribution in [0.1, 0.15) is 27.7 Å². The Hall–Kier alpha value is -4.82. The molecule has 6 aromatic rings. The summed E-state index contributed by atoms with van der Waals surface area (Å²) < 4.78 is 83.5. The Labute approximate surface area is 279 Å². The van der Waals surface area contributed by atoms with Crippen molar-refractivity contribution in [3.63, 3.8) is 0 Å². The predicted octanol–water partition coefficient (Wildman–Crippen LogP) is 9.17. The summed E-state index contributed by atoms with van der Waals surface area (Å²) in [5, 5.41) is 21.9. The highest BCUT2D eigenvalue weighted by Crippen LogP contribution is 2.42. The number of nitrogens with zero attached hydrogens (tertiary/aromatic N) is 6. The van der Waals surface area contributed by atoms with Crippen LogP contribution in [0.2, 0.25) is 10.2 Å². The molecule has 2 aromatic carbocycles. The first-order valence-corrected chi connectivity index (χ1v) is 14.9. The maximum atomic E-state index is 14.3. The minimum atomic E-state index is -1.07. The van der Waals surface area contributed by atoms with Crippen molar-refractivity contribution in [3.8, 4) is 22.3 Å². The van der Waals surface area contributed by atoms with Crippen LogP contribution in [-0.4, -0.2) is 42.4 Å². The second kappa shape index (κ2) is 14.1. The van der Waals surface area contributed by atoms with E-state index in [1.54, 1.807) is 0 Å². The van der Waals surface area contributed by atoms with Crippen LogP contribution in [0.15, 0.2) is 49.1 Å². The minimum Gasteiger partial charge on any atom is -0.382 e. The first-order valence-electron chi connectivity index (χ1n) is 14.2. The molecule has 4 heterocycles. The molecular formula is C32H24Cl2F6N8. The molecule has 0 saturated carbocycles. The van der Waals surface area contributed by atoms with Crippen molar-refractivity contribution in [3.05, 3.63) is 94.1 Å². The predicted molar refractivity (Wildman–Crippen MR) is 173 cm³/mol. The van der Waals surface area contributed by atoms with Gasteiger partial charge in [-0.05, 0) is 27.7 Å². The topological polar surface area (TPSA) is 101 Å². The fourth-order valence-electron chi connectivity index (χ4n) is 4.82. The second-order valence-corrected chi connectivity index (χ2v) is 11.7. The zero-order valence-corrected chi connectivity index (χ0v) is 27.0. The zero-order valence-electron chi connectivity index (χ0n) is 25.5. The lowest BCUT2D eigenvalue weighted by Crippen LogP contribution is -2.13. The van der Waals surface area contributed by atoms with Crippen LogP contribution in [0, 0.1) is 34.9 Å². The fraction of sp³-hybridized carbons (Fsp3) is 0.188. The van der Waals surface area contributed by atoms with E-state index < -0.39 is 46.0 Å². The molecule has 0 unspecified atom stereocenters. The van der Waals surface area contributed by atoms with E-state index in [-0.39, 0.29) is 39.2 Å². The van der Waals surface area contributed by atoms with Gasteiger partial charge in [0.25, 0.3) is 0 Å². The molecule has 16 heteroatoms. The molecule has 0 saturated heterocycles. The van der Waals surface area contributed by atoms with Gasteiger partial charge in [-0.2, -0.15) is 20.4 Å². The highest BCUT2D eigenvalue weighted by atomic mass is 35.5. The van der Waals surface area contributed by atoms with Crippen molar-refractivity contribution in [1.82, 2.24) is 30.4 Å². The summed E-state index contributed by atoms with van der Waals surface area (Å²) in [5.74, 6) is -6.10. The minimum absolute atomic E-state index is 0.0147. The number of benzene rings is 2. The van der Waals surface area contributed by atoms with Gasteiger partial charge in [0.1, 0.15) is 45.9 Å². The Morgan fingerprint density at radius 3 is 1.48 bits per heavy atom. The normalized spacial score (nSPS) is 11.3. The molecule has 2 N–H and O–H groups in total. The summed E-state index contributed by atoms with van der Waals surface area (Å²) in [4.78, 5) is 8.45. The molecule has 0 radical (unpaired) electrons. The molecule has 6 rings (SSSR count). The van der Waals surface area contributed by atoms with Crippen molar-refractivity contribution in [1.29, 1.82) is 0 Å². The van der Waals surface area contributed by atoms with Gasteiger partial charge in [0.15, 0.2) is 0 Å². The first-order chi connectivity index (χ1) is 22.8. The molecule has 0 fully saturated rings. The van der Waals surface area contributed by atoms with Crippen molar-refractivity contribution >= 4 is 56.5 Å². The van der Waals surface area contributed by atoms with Gasteiger partial charge in [0.05, 0.1) is 57.7 Å². The standard InChI is InChI=1S/2C16H12ClF3N4/c1-7(2)23-15-9-5-21-22-6-12(9)24-16(17)14(15)13-10(19)3-8(18)4-11(13)20;1-7(2)23-16-14(13-10(19)3-8(18)4-11(13)20)15(17)9-5-21-22-6-12(9)24-16/h2*3-7H,1-2H3,(H,23,24). The SMILES string of the molecule is CC(C)Nc1c(-c2c(F)cc(F)cc2F)c(Cl)nc2cnncc12.CC(C)Nc1nc2cnncc2c(Cl)c1-c1c(F)cc(F)cc1F. The van der Waals surface area contributed by atoms with Crippen LogP contribution in [0.4, 0.5) is 37.8 Å². The maximum Gasteiger partial charge on any atom is 0.139 e. The van der Waals surface area contributed by atoms with E-state index in [0.717, 1.165) is 0 Å². The Bertz CT molecular complexity index is 2060. The molecule has 8 nitrogen and oxygen atoms in total. The van der Waals surface area contributed by atoms with Crippen LogP contribution in [0.25, 0.3) is 44.1 Å². The molecule has 0 aliphatic rings. The summed E-state index contributed by atoms with van der Waals surface area (Å²) in [5.41, 5.74) is 0.335. The average molecular weight is 705 g/mol. The van der Waals surface area contributed by atoms with Gasteiger partial charge >= 0.3 is 0 Å². The monoisotopic (exact) mass is 704 g/mol. The van der Waals surface area contributed by atoms with E-state index in [2.05, 4.69) is 41.0 Å². The average Bonchev–Trinajstić information content (AvgIpc) is 2.99. The molecule has 4 aromatic heterocycles. The van der Waals surface area contributed by atoms with E-state index in [0.29, 0.717) is 51.8 Å². The lowest BCUT2D eigenvalue weighted by molar-refractivity contribution is 0.547. The summed E-state index contributed by atoms with van der Waals surface area (Å²) in [7, 11) is 0. The molecule has 0 amide bonds. The fourth-order valence-corrected chi connectivity index (χ4v) is 5.43. The third-order valence-electron chi connectivity index (χ3n) is 6.66. The van der Waals surface area contributed by atoms with Crippen LogP contribution in [-0.2, 0) is 0 Å². The van der Waals surface area contributed by atoms with Crippen LogP contribution >= 0.6 is 23.2 Å². The summed E-state index contributed by atoms with van der Waals surface area (Å²) >= 11 is 12.6. The molecule has 248 valence electrons. The first kappa shape index (κ1) is 34.5. The molecule has 0 aliphatic heterocycles. The lowest BCUT2D eigenvalue weighted by Gasteiger charge is -2.19. The van der Waals surface area contributed by atoms with Gasteiger partial charge in [0.2, 0.25) is 0 Å². The van der Waals surface area contributed by atoms with E-state index in [4.69, 9.17) is 23.2 Å². The van der Waals surface area contributed by atoms with Gasteiger partial charge in [0, 0.05) is 58.2 Å². The quantitative estimate of drug-likeness (QED) is 0.131. The number of pyridine rings is 2. The van der Waals surface area contributed by atoms with Crippen molar-refractivity contribution in [2.24, 2.45) is 0 Å². The number of halogens is 8. The van der Waals surface area contributed by atoms with Gasteiger partial charge < -0.3 is 10.6 Å². The van der Waals surface area contributed by atoms with Crippen molar-refractivity contribution in [2.45, 2.75) is 39.8 Å². The zero-order chi connectivity index (χ0) is 34.9. The van der Waals surface area contributed by atoms with E-state index in [1.807, 2.05) is 27.7 Å². The highest BCUT2D eigenvalue weighted by Gasteiger charge is 2.25. The number of hydrogen-bond donors (Lipinski definition) is 2. The number of aromatic nitrogens is 6. The number of nitrogens with one attached hydrogen (secondary N) is 2. The van der Waals surface area contributed by atoms with E-state index >= 15 is 0 Å². The third-order valence-corrected chi connectivity index (χ3v) is 7.33. The Morgan fingerprint density at radius 2 is 0.979 bits per heavy atom. The molecular weight excluding hydrogens is 681 g/mol. The van der Waals surface area contributed by atoms with Crippen molar-refractivity contribution in [2.75, 3.05) is 10.6 Å². The van der Waals surface area contributed by atoms with Crippen LogP contribution in [0.3, 0.4) is 0 Å². The number of fused-ring (bicyclic) bond motifs is 2. The van der Waals surface area contributed by atoms with Gasteiger partial charge in [-0.1, -0.05) is 23.2 Å². The summed E-state index contributed by atoms with van der Waals surface area (Å²) in [6.07, 6.45) is 5.57. The van der Waals surface area contributed by atoms with Gasteiger partial charge in [-0.15, -0.1) is 0 Å². The number of rotatable bonds is 6. The van der Waals surface area contributed by atoms with E-state index in [1.165, 1.54) is 24.8 Å². The highest BCUT2D eigenvalue weighted by molar-refractivity contribution is 6.38. The molecule has 0 atom stereocenters. The smallest absolute Gasteiger partial charge is 0.139 e. The lowest BCUT2D eigenvalue weighted by atomic mass is 10.0. The third kappa shape index (κ3) is 7.04. The molecule has 48 heavy (non-hydrogen) atoms. The number of anilines is 2. The van der Waals surface area contributed by atoms with Gasteiger partial charge in [-0.3, -0.25) is 0 Å². The Morgan fingerprint density at radius 1 is 0.542 bits per heavy atom. The second-order valence-electron chi connectivity index (χ2n) is 11.0.